The number of rotatable bonds is 12. The number of hydrogen-bond acceptors (Lipinski definition) is 4. The van der Waals surface area contributed by atoms with E-state index in [1.54, 1.807) is 0 Å². The van der Waals surface area contributed by atoms with E-state index in [9.17, 15) is 4.79 Å². The van der Waals surface area contributed by atoms with E-state index in [4.69, 9.17) is 20.4 Å². The monoisotopic (exact) mass is 408 g/mol. The smallest absolute Gasteiger partial charge is 0.294 e. The highest BCUT2D eigenvalue weighted by molar-refractivity contribution is 7.99. The first-order valence-corrected chi connectivity index (χ1v) is 11.6. The van der Waals surface area contributed by atoms with Crippen LogP contribution < -0.4 is 0 Å². The molecule has 2 rings (SSSR count). The third-order valence-electron chi connectivity index (χ3n) is 4.47. The molecule has 0 spiro atoms. The van der Waals surface area contributed by atoms with Crippen LogP contribution >= 0.6 is 23.5 Å². The van der Waals surface area contributed by atoms with E-state index < -0.39 is 11.2 Å². The average molecular weight is 408 g/mol. The van der Waals surface area contributed by atoms with Crippen molar-refractivity contribution in [3.8, 4) is 0 Å². The second kappa shape index (κ2) is 12.3. The zero-order chi connectivity index (χ0) is 20.2. The first kappa shape index (κ1) is 23.0. The number of hydrogen-bond donors (Lipinski definition) is 0. The number of benzene rings is 2. The number of esters is 1. The topological polar surface area (TPSA) is 26.3 Å². The number of methoxy groups -OCH3 is 1. The van der Waals surface area contributed by atoms with E-state index in [2.05, 4.69) is 48.5 Å². The zero-order valence-corrected chi connectivity index (χ0v) is 18.0. The predicted molar refractivity (Wildman–Crippen MR) is 124 cm³/mol. The molecule has 6 heteroatoms. The molecule has 2 aromatic rings. The summed E-state index contributed by atoms with van der Waals surface area (Å²) in [7, 11) is 13.2. The van der Waals surface area contributed by atoms with E-state index in [1.807, 2.05) is 35.7 Å². The molecule has 0 aliphatic heterocycles. The minimum Gasteiger partial charge on any atom is -0.470 e. The lowest BCUT2D eigenvalue weighted by Crippen LogP contribution is -2.27. The molecule has 0 aliphatic rings. The molecule has 0 saturated heterocycles. The molecule has 4 radical (unpaired) electrons. The Morgan fingerprint density at radius 1 is 0.964 bits per heavy atom. The largest absolute Gasteiger partial charge is 0.470 e. The molecular formula is C22H26B2O2S2. The molecule has 2 nitrogen and oxygen atoms in total. The Labute approximate surface area is 180 Å². The van der Waals surface area contributed by atoms with Crippen LogP contribution in [0.25, 0.3) is 0 Å². The van der Waals surface area contributed by atoms with E-state index >= 15 is 0 Å². The van der Waals surface area contributed by atoms with Gasteiger partial charge in [-0.25, -0.2) is 0 Å². The molecule has 0 bridgehead atoms. The maximum absolute atomic E-state index is 11.8. The summed E-state index contributed by atoms with van der Waals surface area (Å²) >= 11 is 3.84. The van der Waals surface area contributed by atoms with Gasteiger partial charge in [-0.2, -0.15) is 23.5 Å². The van der Waals surface area contributed by atoms with Crippen molar-refractivity contribution in [1.82, 2.24) is 0 Å². The van der Waals surface area contributed by atoms with Gasteiger partial charge in [-0.05, 0) is 34.9 Å². The predicted octanol–water partition coefficient (Wildman–Crippen LogP) is 5.02. The van der Waals surface area contributed by atoms with Crippen LogP contribution in [0.3, 0.4) is 0 Å². The minimum atomic E-state index is -1.42. The van der Waals surface area contributed by atoms with Gasteiger partial charge < -0.3 is 4.74 Å². The Hall–Kier alpha value is -1.26. The van der Waals surface area contributed by atoms with Crippen molar-refractivity contribution in [3.63, 3.8) is 0 Å². The Morgan fingerprint density at radius 3 is 2.11 bits per heavy atom. The molecule has 0 fully saturated rings. The molecule has 1 atom stereocenters. The summed E-state index contributed by atoms with van der Waals surface area (Å²) in [4.78, 5) is 11.8. The molecule has 0 saturated carbocycles. The molecule has 28 heavy (non-hydrogen) atoms. The summed E-state index contributed by atoms with van der Waals surface area (Å²) < 4.78 is 4.72. The lowest BCUT2D eigenvalue weighted by atomic mass is 9.52. The highest BCUT2D eigenvalue weighted by Gasteiger charge is 2.28. The molecule has 0 aliphatic carbocycles. The van der Waals surface area contributed by atoms with Gasteiger partial charge in [0.25, 0.3) is 5.97 Å². The van der Waals surface area contributed by atoms with Crippen LogP contribution in [0.5, 0.6) is 0 Å². The fraction of sp³-hybridized carbons (Fsp3) is 0.409. The highest BCUT2D eigenvalue weighted by Crippen LogP contribution is 2.32. The van der Waals surface area contributed by atoms with Gasteiger partial charge in [-0.3, -0.25) is 4.79 Å². The van der Waals surface area contributed by atoms with Crippen LogP contribution in [0.15, 0.2) is 60.7 Å². The molecule has 2 aromatic carbocycles. The van der Waals surface area contributed by atoms with Gasteiger partial charge in [0, 0.05) is 16.8 Å². The molecule has 0 amide bonds. The number of thioether (sulfide) groups is 2. The number of ether oxygens (including phenoxy) is 1. The summed E-state index contributed by atoms with van der Waals surface area (Å²) in [5.74, 6) is 2.45. The summed E-state index contributed by atoms with van der Waals surface area (Å²) in [5.41, 5.74) is 2.64. The highest BCUT2D eigenvalue weighted by atomic mass is 32.2. The number of carbonyl (C=O) groups is 1. The van der Waals surface area contributed by atoms with Crippen LogP contribution in [0, 0.1) is 0 Å². The van der Waals surface area contributed by atoms with Gasteiger partial charge in [0.2, 0.25) is 0 Å². The van der Waals surface area contributed by atoms with Crippen molar-refractivity contribution >= 4 is 45.2 Å². The summed E-state index contributed by atoms with van der Waals surface area (Å²) in [6, 6.07) is 20.9. The third-order valence-corrected chi connectivity index (χ3v) is 6.97. The standard InChI is InChI=1S/C22H26B2O2S2/c1-26-21(25)22(23,24)14-12-20(28-17-19-10-6-3-7-11-19)13-15-27-16-18-8-4-2-5-9-18/h2-11,20H,12-17H2,1H3. The normalized spacial score (nSPS) is 12.5. The van der Waals surface area contributed by atoms with E-state index in [0.29, 0.717) is 11.7 Å². The van der Waals surface area contributed by atoms with Crippen LogP contribution in [-0.2, 0) is 21.0 Å². The Bertz CT molecular complexity index is 696. The molecule has 0 aromatic heterocycles. The Balaban J connectivity index is 1.84. The Morgan fingerprint density at radius 2 is 1.54 bits per heavy atom. The maximum atomic E-state index is 11.8. The lowest BCUT2D eigenvalue weighted by Gasteiger charge is -2.25. The second-order valence-corrected chi connectivity index (χ2v) is 9.21. The van der Waals surface area contributed by atoms with Crippen molar-refractivity contribution in [2.45, 2.75) is 41.2 Å². The van der Waals surface area contributed by atoms with Gasteiger partial charge >= 0.3 is 0 Å². The van der Waals surface area contributed by atoms with Gasteiger partial charge in [0.1, 0.15) is 0 Å². The van der Waals surface area contributed by atoms with Crippen molar-refractivity contribution in [3.05, 3.63) is 71.8 Å². The van der Waals surface area contributed by atoms with E-state index in [1.165, 1.54) is 18.2 Å². The van der Waals surface area contributed by atoms with Crippen molar-refractivity contribution < 1.29 is 9.53 Å². The van der Waals surface area contributed by atoms with Gasteiger partial charge in [-0.1, -0.05) is 67.1 Å². The van der Waals surface area contributed by atoms with Crippen LogP contribution in [0.4, 0.5) is 0 Å². The van der Waals surface area contributed by atoms with E-state index in [-0.39, 0.29) is 0 Å². The van der Waals surface area contributed by atoms with Crippen LogP contribution in [-0.4, -0.2) is 39.8 Å². The minimum absolute atomic E-state index is 0.389. The molecule has 0 N–H and O–H groups in total. The molecule has 1 unspecified atom stereocenters. The fourth-order valence-corrected chi connectivity index (χ4v) is 5.13. The Kier molecular flexibility index (Phi) is 10.1. The van der Waals surface area contributed by atoms with Gasteiger partial charge in [0.15, 0.2) is 0 Å². The fourth-order valence-electron chi connectivity index (χ4n) is 2.77. The maximum Gasteiger partial charge on any atom is 0.294 e. The quantitative estimate of drug-likeness (QED) is 0.280. The van der Waals surface area contributed by atoms with E-state index in [0.717, 1.165) is 30.1 Å². The second-order valence-electron chi connectivity index (χ2n) is 6.82. The first-order valence-electron chi connectivity index (χ1n) is 9.44. The lowest BCUT2D eigenvalue weighted by molar-refractivity contribution is -0.141. The summed E-state index contributed by atoms with van der Waals surface area (Å²) in [5, 5.41) is -1.03. The van der Waals surface area contributed by atoms with Gasteiger partial charge in [0.05, 0.1) is 22.8 Å². The summed E-state index contributed by atoms with van der Waals surface area (Å²) in [6.07, 6.45) is 2.24. The summed E-state index contributed by atoms with van der Waals surface area (Å²) in [6.45, 7) is 0. The first-order chi connectivity index (χ1) is 13.5. The van der Waals surface area contributed by atoms with Crippen molar-refractivity contribution in [1.29, 1.82) is 0 Å². The third kappa shape index (κ3) is 8.40. The zero-order valence-electron chi connectivity index (χ0n) is 16.4. The van der Waals surface area contributed by atoms with Gasteiger partial charge in [-0.15, -0.1) is 0 Å². The SMILES string of the molecule is [B]C([B])(CCC(CCSCc1ccccc1)SCc1ccccc1)C(=O)OC. The van der Waals surface area contributed by atoms with Crippen LogP contribution in [0.1, 0.15) is 30.4 Å². The van der Waals surface area contributed by atoms with Crippen molar-refractivity contribution in [2.75, 3.05) is 12.9 Å². The van der Waals surface area contributed by atoms with Crippen LogP contribution in [0.2, 0.25) is 5.21 Å². The number of carbonyl (C=O) groups excluding carboxylic acids is 1. The molecule has 0 heterocycles. The average Bonchev–Trinajstić information content (AvgIpc) is 2.73. The van der Waals surface area contributed by atoms with Crippen molar-refractivity contribution in [2.24, 2.45) is 0 Å². The molecule has 144 valence electrons. The molecular weight excluding hydrogens is 382 g/mol.